The van der Waals surface area contributed by atoms with Gasteiger partial charge in [0.1, 0.15) is 5.69 Å². The van der Waals surface area contributed by atoms with E-state index in [-0.39, 0.29) is 5.97 Å². The maximum atomic E-state index is 11.1. The van der Waals surface area contributed by atoms with Gasteiger partial charge in [-0.15, -0.1) is 12.3 Å². The zero-order valence-electron chi connectivity index (χ0n) is 9.38. The van der Waals surface area contributed by atoms with Crippen molar-refractivity contribution in [1.82, 2.24) is 10.3 Å². The molecule has 86 valence electrons. The van der Waals surface area contributed by atoms with Crippen molar-refractivity contribution in [3.05, 3.63) is 23.5 Å². The molecule has 0 aliphatic rings. The first-order chi connectivity index (χ1) is 7.77. The van der Waals surface area contributed by atoms with Crippen molar-refractivity contribution in [3.8, 4) is 12.3 Å². The lowest BCUT2D eigenvalue weighted by Crippen LogP contribution is -2.15. The number of nitrogens with one attached hydrogen (secondary N) is 2. The highest BCUT2D eigenvalue weighted by Gasteiger charge is 2.06. The molecule has 1 aromatic heterocycles. The molecule has 1 heterocycles. The molecule has 1 aromatic rings. The Morgan fingerprint density at radius 3 is 3.12 bits per heavy atom. The first kappa shape index (κ1) is 12.3. The lowest BCUT2D eigenvalue weighted by Gasteiger charge is -2.01. The molecule has 0 bridgehead atoms. The van der Waals surface area contributed by atoms with Crippen molar-refractivity contribution in [2.75, 3.05) is 13.7 Å². The summed E-state index contributed by atoms with van der Waals surface area (Å²) in [6, 6.07) is 3.57. The number of methoxy groups -OCH3 is 1. The van der Waals surface area contributed by atoms with E-state index in [9.17, 15) is 4.79 Å². The number of carbonyl (C=O) groups excluding carboxylic acids is 1. The maximum absolute atomic E-state index is 11.1. The average Bonchev–Trinajstić information content (AvgIpc) is 2.76. The molecule has 4 nitrogen and oxygen atoms in total. The summed E-state index contributed by atoms with van der Waals surface area (Å²) in [5.41, 5.74) is 1.43. The van der Waals surface area contributed by atoms with E-state index in [2.05, 4.69) is 21.0 Å². The number of aromatic nitrogens is 1. The number of terminal acetylenes is 1. The molecule has 1 rings (SSSR count). The summed E-state index contributed by atoms with van der Waals surface area (Å²) in [7, 11) is 1.36. The molecule has 0 atom stereocenters. The number of unbranched alkanes of at least 4 members (excludes halogenated alkanes) is 1. The van der Waals surface area contributed by atoms with Gasteiger partial charge in [-0.2, -0.15) is 0 Å². The monoisotopic (exact) mass is 220 g/mol. The predicted molar refractivity (Wildman–Crippen MR) is 61.9 cm³/mol. The number of aromatic amines is 1. The van der Waals surface area contributed by atoms with Gasteiger partial charge in [0.15, 0.2) is 0 Å². The highest BCUT2D eigenvalue weighted by molar-refractivity contribution is 5.87. The van der Waals surface area contributed by atoms with Crippen LogP contribution in [0.5, 0.6) is 0 Å². The number of rotatable bonds is 6. The molecule has 0 spiro atoms. The molecule has 0 fully saturated rings. The smallest absolute Gasteiger partial charge is 0.354 e. The fourth-order valence-electron chi connectivity index (χ4n) is 1.31. The Balaban J connectivity index is 2.30. The lowest BCUT2D eigenvalue weighted by atomic mass is 10.3. The summed E-state index contributed by atoms with van der Waals surface area (Å²) in [6.07, 6.45) is 6.88. The summed E-state index contributed by atoms with van der Waals surface area (Å²) in [6.45, 7) is 1.57. The van der Waals surface area contributed by atoms with Crippen molar-refractivity contribution < 1.29 is 9.53 Å². The maximum Gasteiger partial charge on any atom is 0.354 e. The fraction of sp³-hybridized carbons (Fsp3) is 0.417. The van der Waals surface area contributed by atoms with E-state index in [1.807, 2.05) is 6.07 Å². The van der Waals surface area contributed by atoms with Gasteiger partial charge in [-0.1, -0.05) is 0 Å². The molecule has 0 saturated heterocycles. The number of H-pyrrole nitrogens is 1. The first-order valence-corrected chi connectivity index (χ1v) is 5.18. The SMILES string of the molecule is C#CCCCNCc1ccc(C(=O)OC)[nH]1. The summed E-state index contributed by atoms with van der Waals surface area (Å²) >= 11 is 0. The second kappa shape index (κ2) is 6.70. The molecule has 16 heavy (non-hydrogen) atoms. The molecule has 0 aromatic carbocycles. The van der Waals surface area contributed by atoms with Crippen LogP contribution in [0.3, 0.4) is 0 Å². The predicted octanol–water partition coefficient (Wildman–Crippen LogP) is 1.30. The first-order valence-electron chi connectivity index (χ1n) is 5.18. The van der Waals surface area contributed by atoms with Gasteiger partial charge in [0, 0.05) is 18.7 Å². The van der Waals surface area contributed by atoms with Crippen LogP contribution in [0.2, 0.25) is 0 Å². The van der Waals surface area contributed by atoms with Crippen molar-refractivity contribution in [1.29, 1.82) is 0 Å². The molecule has 4 heteroatoms. The van der Waals surface area contributed by atoms with E-state index < -0.39 is 0 Å². The minimum atomic E-state index is -0.349. The van der Waals surface area contributed by atoms with Gasteiger partial charge in [-0.25, -0.2) is 4.79 Å². The number of esters is 1. The van der Waals surface area contributed by atoms with Crippen LogP contribution in [0, 0.1) is 12.3 Å². The fourth-order valence-corrected chi connectivity index (χ4v) is 1.31. The number of hydrogen-bond acceptors (Lipinski definition) is 3. The average molecular weight is 220 g/mol. The highest BCUT2D eigenvalue weighted by Crippen LogP contribution is 2.03. The summed E-state index contributed by atoms with van der Waals surface area (Å²) in [4.78, 5) is 14.1. The third-order valence-corrected chi connectivity index (χ3v) is 2.14. The number of carbonyl (C=O) groups is 1. The van der Waals surface area contributed by atoms with Crippen LogP contribution >= 0.6 is 0 Å². The molecule has 0 radical (unpaired) electrons. The second-order valence-electron chi connectivity index (χ2n) is 3.37. The Morgan fingerprint density at radius 2 is 2.44 bits per heavy atom. The van der Waals surface area contributed by atoms with Crippen LogP contribution < -0.4 is 5.32 Å². The number of ether oxygens (including phenoxy) is 1. The van der Waals surface area contributed by atoms with E-state index in [1.54, 1.807) is 6.07 Å². The van der Waals surface area contributed by atoms with Gasteiger partial charge in [0.2, 0.25) is 0 Å². The molecular weight excluding hydrogens is 204 g/mol. The quantitative estimate of drug-likeness (QED) is 0.431. The molecule has 0 aliphatic heterocycles. The van der Waals surface area contributed by atoms with Crippen LogP contribution in [0.4, 0.5) is 0 Å². The molecule has 0 amide bonds. The van der Waals surface area contributed by atoms with Crippen molar-refractivity contribution >= 4 is 5.97 Å². The van der Waals surface area contributed by atoms with E-state index in [4.69, 9.17) is 6.42 Å². The van der Waals surface area contributed by atoms with Gasteiger partial charge >= 0.3 is 5.97 Å². The van der Waals surface area contributed by atoms with E-state index in [0.29, 0.717) is 12.2 Å². The van der Waals surface area contributed by atoms with Crippen molar-refractivity contribution in [2.24, 2.45) is 0 Å². The minimum absolute atomic E-state index is 0.349. The normalized spacial score (nSPS) is 9.75. The zero-order chi connectivity index (χ0) is 11.8. The van der Waals surface area contributed by atoms with Crippen LogP contribution in [-0.2, 0) is 11.3 Å². The molecule has 0 aliphatic carbocycles. The minimum Gasteiger partial charge on any atom is -0.464 e. The Hall–Kier alpha value is -1.73. The standard InChI is InChI=1S/C12H16N2O2/c1-3-4-5-8-13-9-10-6-7-11(14-10)12(15)16-2/h1,6-7,13-14H,4-5,8-9H2,2H3. The molecule has 0 saturated carbocycles. The van der Waals surface area contributed by atoms with Gasteiger partial charge in [-0.3, -0.25) is 0 Å². The summed E-state index contributed by atoms with van der Waals surface area (Å²) < 4.78 is 4.59. The Morgan fingerprint density at radius 1 is 1.62 bits per heavy atom. The van der Waals surface area contributed by atoms with Crippen molar-refractivity contribution in [3.63, 3.8) is 0 Å². The Kier molecular flexibility index (Phi) is 5.17. The summed E-state index contributed by atoms with van der Waals surface area (Å²) in [5, 5.41) is 3.23. The van der Waals surface area contributed by atoms with Gasteiger partial charge in [0.25, 0.3) is 0 Å². The highest BCUT2D eigenvalue weighted by atomic mass is 16.5. The van der Waals surface area contributed by atoms with Crippen LogP contribution in [0.25, 0.3) is 0 Å². The van der Waals surface area contributed by atoms with Crippen molar-refractivity contribution in [2.45, 2.75) is 19.4 Å². The number of hydrogen-bond donors (Lipinski definition) is 2. The Bertz CT molecular complexity index is 377. The van der Waals surface area contributed by atoms with E-state index >= 15 is 0 Å². The topological polar surface area (TPSA) is 54.1 Å². The zero-order valence-corrected chi connectivity index (χ0v) is 9.38. The Labute approximate surface area is 95.4 Å². The molecule has 2 N–H and O–H groups in total. The van der Waals surface area contributed by atoms with Crippen LogP contribution in [0.15, 0.2) is 12.1 Å². The molecule has 0 unspecified atom stereocenters. The van der Waals surface area contributed by atoms with Gasteiger partial charge in [0.05, 0.1) is 7.11 Å². The lowest BCUT2D eigenvalue weighted by molar-refractivity contribution is 0.0594. The third kappa shape index (κ3) is 3.79. The van der Waals surface area contributed by atoms with Gasteiger partial charge < -0.3 is 15.0 Å². The van der Waals surface area contributed by atoms with E-state index in [0.717, 1.165) is 25.1 Å². The van der Waals surface area contributed by atoms with Crippen LogP contribution in [0.1, 0.15) is 29.0 Å². The second-order valence-corrected chi connectivity index (χ2v) is 3.37. The largest absolute Gasteiger partial charge is 0.464 e. The van der Waals surface area contributed by atoms with E-state index in [1.165, 1.54) is 7.11 Å². The van der Waals surface area contributed by atoms with Gasteiger partial charge in [-0.05, 0) is 25.1 Å². The van der Waals surface area contributed by atoms with Crippen LogP contribution in [-0.4, -0.2) is 24.6 Å². The third-order valence-electron chi connectivity index (χ3n) is 2.14. The summed E-state index contributed by atoms with van der Waals surface area (Å²) in [5.74, 6) is 2.24. The molecular formula is C12H16N2O2.